The first kappa shape index (κ1) is 21.3. The Hall–Kier alpha value is -2.41. The molecule has 6 heteroatoms. The fourth-order valence-electron chi connectivity index (χ4n) is 2.93. The van der Waals surface area contributed by atoms with Crippen molar-refractivity contribution in [2.45, 2.75) is 19.3 Å². The van der Waals surface area contributed by atoms with Crippen molar-refractivity contribution in [2.24, 2.45) is 0 Å². The van der Waals surface area contributed by atoms with Gasteiger partial charge in [-0.15, -0.1) is 0 Å². The SMILES string of the molecule is COc1cc(CNCC(O)c2ccccc2)cc(Br)c1OCc1ccccc1F. The van der Waals surface area contributed by atoms with Gasteiger partial charge >= 0.3 is 0 Å². The van der Waals surface area contributed by atoms with Crippen molar-refractivity contribution in [3.8, 4) is 11.5 Å². The maximum Gasteiger partial charge on any atom is 0.175 e. The molecule has 1 atom stereocenters. The standard InChI is InChI=1S/C23H23BrFNO3/c1-28-22-12-16(13-26-14-21(27)17-7-3-2-4-8-17)11-19(24)23(22)29-15-18-9-5-6-10-20(18)25/h2-12,21,26-27H,13-15H2,1H3. The van der Waals surface area contributed by atoms with Crippen molar-refractivity contribution < 1.29 is 19.0 Å². The highest BCUT2D eigenvalue weighted by atomic mass is 79.9. The fraction of sp³-hybridized carbons (Fsp3) is 0.217. The van der Waals surface area contributed by atoms with E-state index in [0.29, 0.717) is 34.6 Å². The third-order valence-corrected chi connectivity index (χ3v) is 5.06. The molecule has 0 aromatic heterocycles. The summed E-state index contributed by atoms with van der Waals surface area (Å²) in [4.78, 5) is 0. The van der Waals surface area contributed by atoms with Crippen LogP contribution in [-0.4, -0.2) is 18.8 Å². The smallest absolute Gasteiger partial charge is 0.175 e. The van der Waals surface area contributed by atoms with Crippen molar-refractivity contribution >= 4 is 15.9 Å². The van der Waals surface area contributed by atoms with E-state index < -0.39 is 6.10 Å². The monoisotopic (exact) mass is 459 g/mol. The number of halogens is 2. The number of nitrogens with one attached hydrogen (secondary N) is 1. The van der Waals surface area contributed by atoms with Gasteiger partial charge in [0, 0.05) is 18.7 Å². The molecule has 0 spiro atoms. The minimum absolute atomic E-state index is 0.0997. The van der Waals surface area contributed by atoms with Crippen LogP contribution in [0, 0.1) is 5.82 Å². The van der Waals surface area contributed by atoms with E-state index in [4.69, 9.17) is 9.47 Å². The molecule has 0 fully saturated rings. The zero-order chi connectivity index (χ0) is 20.6. The minimum Gasteiger partial charge on any atom is -0.493 e. The van der Waals surface area contributed by atoms with Crippen molar-refractivity contribution in [3.05, 3.63) is 93.7 Å². The zero-order valence-electron chi connectivity index (χ0n) is 16.1. The van der Waals surface area contributed by atoms with E-state index in [0.717, 1.165) is 11.1 Å². The van der Waals surface area contributed by atoms with Gasteiger partial charge in [-0.1, -0.05) is 48.5 Å². The lowest BCUT2D eigenvalue weighted by molar-refractivity contribution is 0.174. The van der Waals surface area contributed by atoms with Crippen LogP contribution >= 0.6 is 15.9 Å². The summed E-state index contributed by atoms with van der Waals surface area (Å²) < 4.78 is 25.8. The van der Waals surface area contributed by atoms with Gasteiger partial charge in [0.2, 0.25) is 0 Å². The normalized spacial score (nSPS) is 11.9. The van der Waals surface area contributed by atoms with Gasteiger partial charge in [-0.25, -0.2) is 4.39 Å². The quantitative estimate of drug-likeness (QED) is 0.472. The molecule has 29 heavy (non-hydrogen) atoms. The van der Waals surface area contributed by atoms with Crippen LogP contribution in [0.3, 0.4) is 0 Å². The molecular formula is C23H23BrFNO3. The lowest BCUT2D eigenvalue weighted by Crippen LogP contribution is -2.21. The summed E-state index contributed by atoms with van der Waals surface area (Å²) in [7, 11) is 1.56. The third-order valence-electron chi connectivity index (χ3n) is 4.47. The maximum absolute atomic E-state index is 13.8. The number of aliphatic hydroxyl groups is 1. The van der Waals surface area contributed by atoms with Crippen LogP contribution in [0.15, 0.2) is 71.2 Å². The van der Waals surface area contributed by atoms with Crippen LogP contribution in [-0.2, 0) is 13.2 Å². The van der Waals surface area contributed by atoms with Crippen molar-refractivity contribution in [3.63, 3.8) is 0 Å². The Morgan fingerprint density at radius 2 is 1.79 bits per heavy atom. The average Bonchev–Trinajstić information content (AvgIpc) is 2.74. The van der Waals surface area contributed by atoms with Gasteiger partial charge in [-0.05, 0) is 45.3 Å². The molecule has 3 rings (SSSR count). The van der Waals surface area contributed by atoms with Crippen LogP contribution in [0.1, 0.15) is 22.8 Å². The molecule has 0 aliphatic rings. The van der Waals surface area contributed by atoms with E-state index in [9.17, 15) is 9.50 Å². The Morgan fingerprint density at radius 3 is 2.52 bits per heavy atom. The third kappa shape index (κ3) is 5.79. The minimum atomic E-state index is -0.579. The van der Waals surface area contributed by atoms with Gasteiger partial charge in [0.15, 0.2) is 11.5 Å². The Bertz CT molecular complexity index is 937. The predicted molar refractivity (Wildman–Crippen MR) is 115 cm³/mol. The van der Waals surface area contributed by atoms with E-state index in [1.807, 2.05) is 42.5 Å². The highest BCUT2D eigenvalue weighted by Gasteiger charge is 2.13. The summed E-state index contributed by atoms with van der Waals surface area (Å²) in [5.74, 6) is 0.764. The van der Waals surface area contributed by atoms with Gasteiger partial charge in [0.05, 0.1) is 17.7 Å². The van der Waals surface area contributed by atoms with Gasteiger partial charge in [-0.3, -0.25) is 0 Å². The van der Waals surface area contributed by atoms with Crippen LogP contribution in [0.2, 0.25) is 0 Å². The number of hydrogen-bond donors (Lipinski definition) is 2. The fourth-order valence-corrected chi connectivity index (χ4v) is 3.53. The van der Waals surface area contributed by atoms with Crippen LogP contribution in [0.4, 0.5) is 4.39 Å². The van der Waals surface area contributed by atoms with Crippen LogP contribution in [0.5, 0.6) is 11.5 Å². The molecule has 152 valence electrons. The number of benzene rings is 3. The van der Waals surface area contributed by atoms with Gasteiger partial charge in [-0.2, -0.15) is 0 Å². The lowest BCUT2D eigenvalue weighted by atomic mass is 10.1. The number of rotatable bonds is 9. The van der Waals surface area contributed by atoms with Gasteiger partial charge < -0.3 is 19.9 Å². The molecule has 3 aromatic carbocycles. The second-order valence-corrected chi connectivity index (χ2v) is 7.40. The number of ether oxygens (including phenoxy) is 2. The van der Waals surface area contributed by atoms with E-state index in [1.165, 1.54) is 6.07 Å². The molecule has 0 heterocycles. The maximum atomic E-state index is 13.8. The van der Waals surface area contributed by atoms with E-state index >= 15 is 0 Å². The molecule has 0 aliphatic carbocycles. The summed E-state index contributed by atoms with van der Waals surface area (Å²) >= 11 is 3.51. The highest BCUT2D eigenvalue weighted by molar-refractivity contribution is 9.10. The largest absolute Gasteiger partial charge is 0.493 e. The van der Waals surface area contributed by atoms with E-state index in [1.54, 1.807) is 25.3 Å². The molecule has 0 aliphatic heterocycles. The predicted octanol–water partition coefficient (Wildman–Crippen LogP) is 5.00. The topological polar surface area (TPSA) is 50.7 Å². The summed E-state index contributed by atoms with van der Waals surface area (Å²) in [6.45, 7) is 1.07. The van der Waals surface area contributed by atoms with Crippen LogP contribution in [0.25, 0.3) is 0 Å². The summed E-state index contributed by atoms with van der Waals surface area (Å²) in [5.41, 5.74) is 2.31. The Kier molecular flexibility index (Phi) is 7.63. The number of aliphatic hydroxyl groups excluding tert-OH is 1. The van der Waals surface area contributed by atoms with Crippen LogP contribution < -0.4 is 14.8 Å². The molecule has 0 saturated heterocycles. The van der Waals surface area contributed by atoms with E-state index in [2.05, 4.69) is 21.2 Å². The second-order valence-electron chi connectivity index (χ2n) is 6.55. The molecule has 1 unspecified atom stereocenters. The molecule has 0 radical (unpaired) electrons. The second kappa shape index (κ2) is 10.4. The molecule has 0 amide bonds. The van der Waals surface area contributed by atoms with Gasteiger partial charge in [0.25, 0.3) is 0 Å². The molecule has 4 nitrogen and oxygen atoms in total. The first-order valence-electron chi connectivity index (χ1n) is 9.25. The Labute approximate surface area is 178 Å². The van der Waals surface area contributed by atoms with Crippen molar-refractivity contribution in [1.29, 1.82) is 0 Å². The Morgan fingerprint density at radius 1 is 1.07 bits per heavy atom. The first-order chi connectivity index (χ1) is 14.1. The molecule has 3 aromatic rings. The van der Waals surface area contributed by atoms with E-state index in [-0.39, 0.29) is 12.4 Å². The van der Waals surface area contributed by atoms with Crippen molar-refractivity contribution in [2.75, 3.05) is 13.7 Å². The summed E-state index contributed by atoms with van der Waals surface area (Å²) in [6.07, 6.45) is -0.579. The molecule has 2 N–H and O–H groups in total. The summed E-state index contributed by atoms with van der Waals surface area (Å²) in [5, 5.41) is 13.5. The lowest BCUT2D eigenvalue weighted by Gasteiger charge is -2.16. The number of methoxy groups -OCH3 is 1. The molecule has 0 saturated carbocycles. The zero-order valence-corrected chi connectivity index (χ0v) is 17.7. The van der Waals surface area contributed by atoms with Crippen molar-refractivity contribution in [1.82, 2.24) is 5.32 Å². The van der Waals surface area contributed by atoms with Gasteiger partial charge in [0.1, 0.15) is 12.4 Å². The Balaban J connectivity index is 1.62. The average molecular weight is 460 g/mol. The molecular weight excluding hydrogens is 437 g/mol. The first-order valence-corrected chi connectivity index (χ1v) is 10.0. The molecule has 0 bridgehead atoms. The number of hydrogen-bond acceptors (Lipinski definition) is 4. The summed E-state index contributed by atoms with van der Waals surface area (Å²) in [6, 6.07) is 19.8. The highest BCUT2D eigenvalue weighted by Crippen LogP contribution is 2.37.